The number of nitrogens with one attached hydrogen (secondary N) is 1. The van der Waals surface area contributed by atoms with Gasteiger partial charge in [-0.25, -0.2) is 9.36 Å². The summed E-state index contributed by atoms with van der Waals surface area (Å²) in [5.74, 6) is 0. The first-order chi connectivity index (χ1) is 11.1. The van der Waals surface area contributed by atoms with Crippen LogP contribution in [0.15, 0.2) is 20.9 Å². The van der Waals surface area contributed by atoms with Crippen molar-refractivity contribution < 1.29 is 28.7 Å². The lowest BCUT2D eigenvalue weighted by Gasteiger charge is -2.22. The minimum Gasteiger partial charge on any atom is -0.390 e. The molecule has 0 amide bonds. The van der Waals surface area contributed by atoms with E-state index in [1.165, 1.54) is 13.1 Å². The van der Waals surface area contributed by atoms with Gasteiger partial charge >= 0.3 is 13.5 Å². The van der Waals surface area contributed by atoms with E-state index in [0.29, 0.717) is 0 Å². The lowest BCUT2D eigenvalue weighted by atomic mass is 10.1. The van der Waals surface area contributed by atoms with Gasteiger partial charge in [0.25, 0.3) is 5.56 Å². The molecule has 0 bridgehead atoms. The fourth-order valence-electron chi connectivity index (χ4n) is 2.24. The number of hydrogen-bond acceptors (Lipinski definition) is 7. The van der Waals surface area contributed by atoms with Gasteiger partial charge in [-0.05, 0) is 12.5 Å². The van der Waals surface area contributed by atoms with Gasteiger partial charge in [0.1, 0.15) is 12.3 Å². The molecule has 0 spiro atoms. The van der Waals surface area contributed by atoms with Crippen LogP contribution >= 0.6 is 7.82 Å². The number of phosphoric ester groups is 1. The molecule has 0 aliphatic carbocycles. The van der Waals surface area contributed by atoms with Crippen molar-refractivity contribution in [2.45, 2.75) is 38.0 Å². The van der Waals surface area contributed by atoms with E-state index in [-0.39, 0.29) is 12.0 Å². The third kappa shape index (κ3) is 4.10. The molecular formula is C10H14N5O8P. The Kier molecular flexibility index (Phi) is 5.26. The number of aromatic nitrogens is 2. The monoisotopic (exact) mass is 363 g/mol. The Bertz CT molecular complexity index is 823. The molecule has 1 aliphatic rings. The molecule has 1 unspecified atom stereocenters. The number of rotatable bonds is 5. The van der Waals surface area contributed by atoms with Crippen LogP contribution in [0, 0.1) is 6.92 Å². The molecule has 4 N–H and O–H groups in total. The van der Waals surface area contributed by atoms with Gasteiger partial charge in [-0.1, -0.05) is 5.11 Å². The lowest BCUT2D eigenvalue weighted by molar-refractivity contribution is -0.0783. The molecule has 4 atom stereocenters. The molecule has 2 heterocycles. The summed E-state index contributed by atoms with van der Waals surface area (Å²) in [5.41, 5.74) is 7.31. The van der Waals surface area contributed by atoms with Gasteiger partial charge in [0.2, 0.25) is 0 Å². The summed E-state index contributed by atoms with van der Waals surface area (Å²) in [6.07, 6.45) is -4.56. The zero-order valence-corrected chi connectivity index (χ0v) is 13.1. The predicted molar refractivity (Wildman–Crippen MR) is 76.7 cm³/mol. The summed E-state index contributed by atoms with van der Waals surface area (Å²) in [5, 5.41) is 13.1. The standard InChI is InChI=1S/C10H14N5O8P/c1-4-3-15(10(18)12-8(4)17)6-2-5(16)7(22-6)9(13-14-11)23-24(19,20)21/h3,5-7,9,16H,2H2,1H3,(H,12,17,18)(H2,19,20,21)/t5-,6+,7-,9?/m0/s1. The van der Waals surface area contributed by atoms with Crippen molar-refractivity contribution in [3.8, 4) is 0 Å². The first-order valence-electron chi connectivity index (χ1n) is 6.56. The highest BCUT2D eigenvalue weighted by Gasteiger charge is 2.43. The predicted octanol–water partition coefficient (Wildman–Crippen LogP) is -0.761. The van der Waals surface area contributed by atoms with Gasteiger partial charge in [-0.2, -0.15) is 0 Å². The van der Waals surface area contributed by atoms with Crippen LogP contribution in [-0.2, 0) is 13.8 Å². The van der Waals surface area contributed by atoms with Gasteiger partial charge < -0.3 is 19.6 Å². The average Bonchev–Trinajstić information content (AvgIpc) is 2.83. The maximum Gasteiger partial charge on any atom is 0.470 e. The largest absolute Gasteiger partial charge is 0.470 e. The van der Waals surface area contributed by atoms with E-state index < -0.39 is 43.7 Å². The van der Waals surface area contributed by atoms with E-state index in [4.69, 9.17) is 20.1 Å². The van der Waals surface area contributed by atoms with Crippen LogP contribution in [0.4, 0.5) is 0 Å². The Labute approximate surface area is 133 Å². The fraction of sp³-hybridized carbons (Fsp3) is 0.600. The molecular weight excluding hydrogens is 349 g/mol. The summed E-state index contributed by atoms with van der Waals surface area (Å²) >= 11 is 0. The zero-order valence-electron chi connectivity index (χ0n) is 12.2. The van der Waals surface area contributed by atoms with Crippen molar-refractivity contribution in [3.63, 3.8) is 0 Å². The second-order valence-electron chi connectivity index (χ2n) is 5.03. The van der Waals surface area contributed by atoms with Crippen LogP contribution < -0.4 is 11.2 Å². The third-order valence-electron chi connectivity index (χ3n) is 3.28. The highest BCUT2D eigenvalue weighted by molar-refractivity contribution is 7.46. The minimum atomic E-state index is -5.02. The fourth-order valence-corrected chi connectivity index (χ4v) is 2.69. The Hall–Kier alpha value is -1.98. The van der Waals surface area contributed by atoms with Gasteiger partial charge in [0.15, 0.2) is 6.23 Å². The number of aromatic amines is 1. The van der Waals surface area contributed by atoms with E-state index in [1.807, 2.05) is 0 Å². The summed E-state index contributed by atoms with van der Waals surface area (Å²) in [6.45, 7) is 1.46. The number of azide groups is 1. The molecule has 13 nitrogen and oxygen atoms in total. The smallest absolute Gasteiger partial charge is 0.390 e. The molecule has 1 saturated heterocycles. The van der Waals surface area contributed by atoms with E-state index >= 15 is 0 Å². The minimum absolute atomic E-state index is 0.155. The normalized spacial score (nSPS) is 25.2. The Morgan fingerprint density at radius 1 is 1.58 bits per heavy atom. The number of nitrogens with zero attached hydrogens (tertiary/aromatic N) is 4. The molecule has 24 heavy (non-hydrogen) atoms. The lowest BCUT2D eigenvalue weighted by Crippen LogP contribution is -2.35. The van der Waals surface area contributed by atoms with Crippen molar-refractivity contribution in [3.05, 3.63) is 43.0 Å². The van der Waals surface area contributed by atoms with Crippen LogP contribution in [-0.4, -0.2) is 42.9 Å². The van der Waals surface area contributed by atoms with E-state index in [9.17, 15) is 19.3 Å². The molecule has 0 saturated carbocycles. The average molecular weight is 363 g/mol. The number of phosphoric acid groups is 1. The van der Waals surface area contributed by atoms with Crippen molar-refractivity contribution >= 4 is 7.82 Å². The second kappa shape index (κ2) is 6.87. The van der Waals surface area contributed by atoms with E-state index in [0.717, 1.165) is 4.57 Å². The number of hydrogen-bond donors (Lipinski definition) is 4. The molecule has 14 heteroatoms. The number of aryl methyl sites for hydroxylation is 1. The van der Waals surface area contributed by atoms with Crippen LogP contribution in [0.3, 0.4) is 0 Å². The Balaban J connectivity index is 2.30. The van der Waals surface area contributed by atoms with Crippen molar-refractivity contribution in [1.82, 2.24) is 9.55 Å². The first kappa shape index (κ1) is 18.4. The van der Waals surface area contributed by atoms with Gasteiger partial charge in [-0.15, -0.1) is 0 Å². The zero-order chi connectivity index (χ0) is 18.1. The van der Waals surface area contributed by atoms with Crippen LogP contribution in [0.25, 0.3) is 10.4 Å². The maximum atomic E-state index is 11.8. The second-order valence-corrected chi connectivity index (χ2v) is 6.22. The summed E-state index contributed by atoms with van der Waals surface area (Å²) < 4.78 is 21.6. The highest BCUT2D eigenvalue weighted by atomic mass is 31.2. The molecule has 0 aromatic carbocycles. The van der Waals surface area contributed by atoms with Crippen LogP contribution in [0.5, 0.6) is 0 Å². The molecule has 1 aromatic heterocycles. The van der Waals surface area contributed by atoms with Crippen molar-refractivity contribution in [2.75, 3.05) is 0 Å². The SMILES string of the molecule is Cc1cn([C@H]2C[C@H](O)[C@@H](C(N=[N+]=[N-])OP(=O)(O)O)O2)c(=O)[nH]c1=O. The van der Waals surface area contributed by atoms with Crippen LogP contribution in [0.1, 0.15) is 18.2 Å². The molecule has 1 aliphatic heterocycles. The van der Waals surface area contributed by atoms with Crippen molar-refractivity contribution in [2.24, 2.45) is 5.11 Å². The van der Waals surface area contributed by atoms with Gasteiger partial charge in [0.05, 0.1) is 6.10 Å². The number of aliphatic hydroxyl groups is 1. The number of ether oxygens (including phenoxy) is 1. The Morgan fingerprint density at radius 3 is 2.83 bits per heavy atom. The highest BCUT2D eigenvalue weighted by Crippen LogP contribution is 2.41. The third-order valence-corrected chi connectivity index (χ3v) is 3.78. The van der Waals surface area contributed by atoms with Gasteiger partial charge in [0, 0.05) is 23.1 Å². The molecule has 1 aromatic rings. The van der Waals surface area contributed by atoms with Gasteiger partial charge in [-0.3, -0.25) is 18.9 Å². The first-order valence-corrected chi connectivity index (χ1v) is 8.09. The van der Waals surface area contributed by atoms with E-state index in [1.54, 1.807) is 0 Å². The summed E-state index contributed by atoms with van der Waals surface area (Å²) in [4.78, 5) is 45.3. The van der Waals surface area contributed by atoms with E-state index in [2.05, 4.69) is 19.5 Å². The van der Waals surface area contributed by atoms with Crippen LogP contribution in [0.2, 0.25) is 0 Å². The number of H-pyrrole nitrogens is 1. The van der Waals surface area contributed by atoms with Crippen molar-refractivity contribution in [1.29, 1.82) is 0 Å². The molecule has 2 rings (SSSR count). The molecule has 1 fully saturated rings. The quantitative estimate of drug-likeness (QED) is 0.226. The molecule has 132 valence electrons. The molecule has 0 radical (unpaired) electrons. The summed E-state index contributed by atoms with van der Waals surface area (Å²) in [6, 6.07) is 0. The maximum absolute atomic E-state index is 11.8. The topological polar surface area (TPSA) is 200 Å². The number of aliphatic hydroxyl groups excluding tert-OH is 1. The Morgan fingerprint density at radius 2 is 2.25 bits per heavy atom. The summed E-state index contributed by atoms with van der Waals surface area (Å²) in [7, 11) is -5.02.